The molecule has 0 spiro atoms. The molecular formula is C17H15ClN4S. The van der Waals surface area contributed by atoms with Crippen LogP contribution < -0.4 is 4.90 Å². The molecule has 116 valence electrons. The third-order valence-electron chi connectivity index (χ3n) is 3.75. The SMILES string of the molecule is CSc1nc(Cl)c2c(n1)N(CC#N)C(c1ccc(C)cc1)C=C2. The minimum Gasteiger partial charge on any atom is -0.332 e. The van der Waals surface area contributed by atoms with Crippen molar-refractivity contribution in [2.75, 3.05) is 17.7 Å². The molecule has 2 heterocycles. The number of nitriles is 1. The minimum atomic E-state index is -0.0385. The van der Waals surface area contributed by atoms with E-state index in [0.29, 0.717) is 16.1 Å². The molecule has 0 N–H and O–H groups in total. The van der Waals surface area contributed by atoms with Crippen molar-refractivity contribution in [2.45, 2.75) is 18.1 Å². The number of thioether (sulfide) groups is 1. The van der Waals surface area contributed by atoms with Gasteiger partial charge in [0.2, 0.25) is 0 Å². The molecule has 1 aromatic heterocycles. The molecule has 3 rings (SSSR count). The molecule has 1 aliphatic heterocycles. The fraction of sp³-hybridized carbons (Fsp3) is 0.235. The number of benzene rings is 1. The van der Waals surface area contributed by atoms with Crippen LogP contribution in [-0.4, -0.2) is 22.8 Å². The Morgan fingerprint density at radius 3 is 2.70 bits per heavy atom. The number of aromatic nitrogens is 2. The summed E-state index contributed by atoms with van der Waals surface area (Å²) in [4.78, 5) is 10.8. The molecule has 0 saturated heterocycles. The Morgan fingerprint density at radius 1 is 1.30 bits per heavy atom. The second kappa shape index (κ2) is 6.61. The van der Waals surface area contributed by atoms with Crippen LogP contribution >= 0.6 is 23.4 Å². The molecule has 1 aliphatic rings. The maximum atomic E-state index is 9.25. The number of nitrogens with zero attached hydrogens (tertiary/aromatic N) is 4. The van der Waals surface area contributed by atoms with E-state index in [1.165, 1.54) is 17.3 Å². The number of hydrogen-bond acceptors (Lipinski definition) is 5. The van der Waals surface area contributed by atoms with Gasteiger partial charge in [-0.15, -0.1) is 0 Å². The highest BCUT2D eigenvalue weighted by atomic mass is 35.5. The van der Waals surface area contributed by atoms with Gasteiger partial charge in [0.25, 0.3) is 0 Å². The van der Waals surface area contributed by atoms with E-state index >= 15 is 0 Å². The largest absolute Gasteiger partial charge is 0.332 e. The Balaban J connectivity index is 2.10. The molecule has 6 heteroatoms. The first-order chi connectivity index (χ1) is 11.1. The van der Waals surface area contributed by atoms with Gasteiger partial charge in [-0.1, -0.05) is 59.3 Å². The van der Waals surface area contributed by atoms with Crippen molar-refractivity contribution in [2.24, 2.45) is 0 Å². The molecule has 2 aromatic rings. The molecule has 1 atom stereocenters. The first kappa shape index (κ1) is 15.9. The molecular weight excluding hydrogens is 328 g/mol. The Kier molecular flexibility index (Phi) is 4.56. The number of anilines is 1. The van der Waals surface area contributed by atoms with Gasteiger partial charge >= 0.3 is 0 Å². The van der Waals surface area contributed by atoms with Crippen LogP contribution in [0.5, 0.6) is 0 Å². The van der Waals surface area contributed by atoms with Crippen molar-refractivity contribution >= 4 is 35.3 Å². The Hall–Kier alpha value is -2.03. The second-order valence-electron chi connectivity index (χ2n) is 5.24. The van der Waals surface area contributed by atoms with Gasteiger partial charge in [0.1, 0.15) is 17.5 Å². The topological polar surface area (TPSA) is 52.8 Å². The molecule has 0 radical (unpaired) electrons. The first-order valence-electron chi connectivity index (χ1n) is 7.14. The lowest BCUT2D eigenvalue weighted by Crippen LogP contribution is -2.31. The first-order valence-corrected chi connectivity index (χ1v) is 8.74. The van der Waals surface area contributed by atoms with Crippen molar-refractivity contribution < 1.29 is 0 Å². The zero-order chi connectivity index (χ0) is 16.4. The van der Waals surface area contributed by atoms with Gasteiger partial charge < -0.3 is 4.90 Å². The van der Waals surface area contributed by atoms with Gasteiger partial charge in [-0.2, -0.15) is 5.26 Å². The predicted octanol–water partition coefficient (Wildman–Crippen LogP) is 4.26. The Morgan fingerprint density at radius 2 is 2.04 bits per heavy atom. The Bertz CT molecular complexity index is 795. The zero-order valence-electron chi connectivity index (χ0n) is 12.8. The summed E-state index contributed by atoms with van der Waals surface area (Å²) >= 11 is 7.72. The minimum absolute atomic E-state index is 0.0385. The van der Waals surface area contributed by atoms with Gasteiger partial charge in [0, 0.05) is 0 Å². The van der Waals surface area contributed by atoms with Gasteiger partial charge in [-0.05, 0) is 24.8 Å². The summed E-state index contributed by atoms with van der Waals surface area (Å²) in [6.45, 7) is 2.29. The number of aryl methyl sites for hydroxylation is 1. The van der Waals surface area contributed by atoms with Crippen molar-refractivity contribution in [3.63, 3.8) is 0 Å². The fourth-order valence-electron chi connectivity index (χ4n) is 2.59. The van der Waals surface area contributed by atoms with Gasteiger partial charge in [-0.3, -0.25) is 0 Å². The smallest absolute Gasteiger partial charge is 0.190 e. The summed E-state index contributed by atoms with van der Waals surface area (Å²) < 4.78 is 0. The van der Waals surface area contributed by atoms with Crippen LogP contribution in [0.2, 0.25) is 5.15 Å². The number of fused-ring (bicyclic) bond motifs is 1. The molecule has 4 nitrogen and oxygen atoms in total. The van der Waals surface area contributed by atoms with E-state index in [4.69, 9.17) is 11.6 Å². The van der Waals surface area contributed by atoms with Crippen LogP contribution in [0.15, 0.2) is 35.5 Å². The van der Waals surface area contributed by atoms with E-state index in [2.05, 4.69) is 47.2 Å². The highest BCUT2D eigenvalue weighted by Crippen LogP contribution is 2.38. The summed E-state index contributed by atoms with van der Waals surface area (Å²) in [5, 5.41) is 10.3. The highest BCUT2D eigenvalue weighted by molar-refractivity contribution is 7.98. The van der Waals surface area contributed by atoms with Crippen LogP contribution in [0, 0.1) is 18.3 Å². The van der Waals surface area contributed by atoms with Gasteiger partial charge in [-0.25, -0.2) is 9.97 Å². The summed E-state index contributed by atoms with van der Waals surface area (Å²) in [7, 11) is 0. The summed E-state index contributed by atoms with van der Waals surface area (Å²) in [6, 6.07) is 10.5. The third kappa shape index (κ3) is 3.05. The summed E-state index contributed by atoms with van der Waals surface area (Å²) in [5.74, 6) is 0.712. The average molecular weight is 343 g/mol. The maximum absolute atomic E-state index is 9.25. The normalized spacial score (nSPS) is 16.1. The lowest BCUT2D eigenvalue weighted by atomic mass is 9.99. The van der Waals surface area contributed by atoms with Gasteiger partial charge in [0.15, 0.2) is 5.16 Å². The molecule has 0 aliphatic carbocycles. The highest BCUT2D eigenvalue weighted by Gasteiger charge is 2.27. The third-order valence-corrected chi connectivity index (χ3v) is 4.59. The molecule has 23 heavy (non-hydrogen) atoms. The standard InChI is InChI=1S/C17H15ClN4S/c1-11-3-5-12(6-4-11)14-8-7-13-15(18)20-17(23-2)21-16(13)22(14)10-9-19/h3-8,14H,10H2,1-2H3. The molecule has 0 saturated carbocycles. The van der Waals surface area contributed by atoms with E-state index in [1.807, 2.05) is 23.3 Å². The van der Waals surface area contributed by atoms with Crippen LogP contribution in [0.4, 0.5) is 5.82 Å². The van der Waals surface area contributed by atoms with Crippen molar-refractivity contribution in [3.8, 4) is 6.07 Å². The van der Waals surface area contributed by atoms with Crippen LogP contribution in [0.3, 0.4) is 0 Å². The second-order valence-corrected chi connectivity index (χ2v) is 6.37. The van der Waals surface area contributed by atoms with E-state index in [0.717, 1.165) is 11.1 Å². The molecule has 1 unspecified atom stereocenters. The maximum Gasteiger partial charge on any atom is 0.190 e. The lowest BCUT2D eigenvalue weighted by molar-refractivity contribution is 0.739. The monoisotopic (exact) mass is 342 g/mol. The zero-order valence-corrected chi connectivity index (χ0v) is 14.4. The van der Waals surface area contributed by atoms with E-state index in [9.17, 15) is 5.26 Å². The average Bonchev–Trinajstić information content (AvgIpc) is 2.56. The lowest BCUT2D eigenvalue weighted by Gasteiger charge is -2.33. The quantitative estimate of drug-likeness (QED) is 0.361. The summed E-state index contributed by atoms with van der Waals surface area (Å²) in [5.41, 5.74) is 3.09. The summed E-state index contributed by atoms with van der Waals surface area (Å²) in [6.07, 6.45) is 5.89. The molecule has 1 aromatic carbocycles. The van der Waals surface area contributed by atoms with E-state index in [-0.39, 0.29) is 12.6 Å². The number of rotatable bonds is 3. The molecule has 0 fully saturated rings. The Labute approximate surface area is 144 Å². The number of halogens is 1. The van der Waals surface area contributed by atoms with E-state index < -0.39 is 0 Å². The van der Waals surface area contributed by atoms with Crippen molar-refractivity contribution in [1.29, 1.82) is 5.26 Å². The van der Waals surface area contributed by atoms with Crippen molar-refractivity contribution in [1.82, 2.24) is 9.97 Å². The molecule has 0 amide bonds. The van der Waals surface area contributed by atoms with Gasteiger partial charge in [0.05, 0.1) is 17.7 Å². The van der Waals surface area contributed by atoms with Crippen molar-refractivity contribution in [3.05, 3.63) is 52.2 Å². The van der Waals surface area contributed by atoms with Crippen LogP contribution in [0.25, 0.3) is 6.08 Å². The molecule has 0 bridgehead atoms. The van der Waals surface area contributed by atoms with Crippen LogP contribution in [0.1, 0.15) is 22.7 Å². The predicted molar refractivity (Wildman–Crippen MR) is 94.7 cm³/mol. The van der Waals surface area contributed by atoms with E-state index in [1.54, 1.807) is 0 Å². The van der Waals surface area contributed by atoms with Crippen LogP contribution in [-0.2, 0) is 0 Å². The number of hydrogen-bond donors (Lipinski definition) is 0. The fourth-order valence-corrected chi connectivity index (χ4v) is 3.23.